The van der Waals surface area contributed by atoms with Crippen LogP contribution < -0.4 is 10.6 Å². The Morgan fingerprint density at radius 3 is 2.37 bits per heavy atom. The van der Waals surface area contributed by atoms with E-state index in [4.69, 9.17) is 5.11 Å². The van der Waals surface area contributed by atoms with Gasteiger partial charge in [0.15, 0.2) is 0 Å². The molecule has 1 fully saturated rings. The number of amides is 3. The standard InChI is InChI=1S/C13H22N2O4/c16-11(6-7-12(17)18)15-13(19)14-9-8-10-4-2-1-3-5-10/h10H,1-9H2,(H,17,18)(H2,14,15,16,19). The third-order valence-corrected chi connectivity index (χ3v) is 3.38. The van der Waals surface area contributed by atoms with Crippen molar-refractivity contribution in [3.8, 4) is 0 Å². The fourth-order valence-corrected chi connectivity index (χ4v) is 2.32. The average Bonchev–Trinajstić information content (AvgIpc) is 2.37. The number of carboxylic acid groups (broad SMARTS) is 1. The van der Waals surface area contributed by atoms with Gasteiger partial charge in [0.2, 0.25) is 5.91 Å². The monoisotopic (exact) mass is 270 g/mol. The molecule has 19 heavy (non-hydrogen) atoms. The number of nitrogens with one attached hydrogen (secondary N) is 2. The number of carboxylic acids is 1. The molecule has 1 aliphatic rings. The summed E-state index contributed by atoms with van der Waals surface area (Å²) in [5, 5.41) is 13.2. The van der Waals surface area contributed by atoms with Crippen LogP contribution in [0, 0.1) is 5.92 Å². The molecule has 0 bridgehead atoms. The van der Waals surface area contributed by atoms with Crippen molar-refractivity contribution < 1.29 is 19.5 Å². The molecule has 0 unspecified atom stereocenters. The minimum atomic E-state index is -1.05. The van der Waals surface area contributed by atoms with Crippen LogP contribution in [0.2, 0.25) is 0 Å². The molecule has 3 amide bonds. The smallest absolute Gasteiger partial charge is 0.321 e. The highest BCUT2D eigenvalue weighted by Crippen LogP contribution is 2.25. The molecule has 0 saturated heterocycles. The fraction of sp³-hybridized carbons (Fsp3) is 0.769. The first-order valence-electron chi connectivity index (χ1n) is 6.87. The Morgan fingerprint density at radius 2 is 1.74 bits per heavy atom. The van der Waals surface area contributed by atoms with E-state index >= 15 is 0 Å². The van der Waals surface area contributed by atoms with Crippen molar-refractivity contribution in [2.24, 2.45) is 5.92 Å². The molecule has 0 aromatic rings. The third kappa shape index (κ3) is 7.43. The summed E-state index contributed by atoms with van der Waals surface area (Å²) in [6.45, 7) is 0.558. The van der Waals surface area contributed by atoms with Gasteiger partial charge in [-0.25, -0.2) is 4.79 Å². The van der Waals surface area contributed by atoms with Gasteiger partial charge in [0.1, 0.15) is 0 Å². The summed E-state index contributed by atoms with van der Waals surface area (Å²) in [5.41, 5.74) is 0. The van der Waals surface area contributed by atoms with Gasteiger partial charge < -0.3 is 10.4 Å². The van der Waals surface area contributed by atoms with E-state index in [-0.39, 0.29) is 12.8 Å². The molecular formula is C13H22N2O4. The SMILES string of the molecule is O=C(O)CCC(=O)NC(=O)NCCC1CCCCC1. The Labute approximate surface area is 112 Å². The van der Waals surface area contributed by atoms with E-state index in [0.29, 0.717) is 12.5 Å². The Bertz CT molecular complexity index is 325. The molecule has 0 spiro atoms. The molecule has 108 valence electrons. The molecule has 0 aromatic carbocycles. The van der Waals surface area contributed by atoms with Crippen LogP contribution >= 0.6 is 0 Å². The summed E-state index contributed by atoms with van der Waals surface area (Å²) >= 11 is 0. The lowest BCUT2D eigenvalue weighted by Crippen LogP contribution is -2.40. The summed E-state index contributed by atoms with van der Waals surface area (Å²) in [7, 11) is 0. The highest BCUT2D eigenvalue weighted by molar-refractivity contribution is 5.95. The summed E-state index contributed by atoms with van der Waals surface area (Å²) in [4.78, 5) is 32.8. The average molecular weight is 270 g/mol. The molecule has 0 heterocycles. The number of imide groups is 1. The first-order chi connectivity index (χ1) is 9.08. The zero-order chi connectivity index (χ0) is 14.1. The first-order valence-corrected chi connectivity index (χ1v) is 6.87. The van der Waals surface area contributed by atoms with Crippen molar-refractivity contribution in [3.63, 3.8) is 0 Å². The van der Waals surface area contributed by atoms with Crippen LogP contribution in [0.15, 0.2) is 0 Å². The van der Waals surface area contributed by atoms with Crippen molar-refractivity contribution in [3.05, 3.63) is 0 Å². The lowest BCUT2D eigenvalue weighted by atomic mass is 9.87. The van der Waals surface area contributed by atoms with E-state index in [1.54, 1.807) is 0 Å². The zero-order valence-electron chi connectivity index (χ0n) is 11.1. The number of rotatable bonds is 6. The fourth-order valence-electron chi connectivity index (χ4n) is 2.32. The maximum atomic E-state index is 11.3. The third-order valence-electron chi connectivity index (χ3n) is 3.38. The number of hydrogen-bond acceptors (Lipinski definition) is 3. The van der Waals surface area contributed by atoms with Crippen LogP contribution in [0.25, 0.3) is 0 Å². The maximum Gasteiger partial charge on any atom is 0.321 e. The van der Waals surface area contributed by atoms with Crippen molar-refractivity contribution in [2.75, 3.05) is 6.54 Å². The highest BCUT2D eigenvalue weighted by Gasteiger charge is 2.14. The first kappa shape index (κ1) is 15.5. The Morgan fingerprint density at radius 1 is 1.05 bits per heavy atom. The second-order valence-electron chi connectivity index (χ2n) is 4.99. The van der Waals surface area contributed by atoms with Crippen LogP contribution in [-0.2, 0) is 9.59 Å². The Kier molecular flexibility index (Phi) is 6.92. The zero-order valence-corrected chi connectivity index (χ0v) is 11.1. The molecule has 0 atom stereocenters. The van der Waals surface area contributed by atoms with Crippen LogP contribution in [0.3, 0.4) is 0 Å². The van der Waals surface area contributed by atoms with Crippen LogP contribution in [0.1, 0.15) is 51.4 Å². The van der Waals surface area contributed by atoms with Crippen LogP contribution in [0.5, 0.6) is 0 Å². The normalized spacial score (nSPS) is 15.8. The van der Waals surface area contributed by atoms with E-state index in [0.717, 1.165) is 6.42 Å². The number of aliphatic carboxylic acids is 1. The molecule has 0 radical (unpaired) electrons. The summed E-state index contributed by atoms with van der Waals surface area (Å²) in [6, 6.07) is -0.536. The summed E-state index contributed by atoms with van der Waals surface area (Å²) in [5.74, 6) is -0.929. The van der Waals surface area contributed by atoms with Crippen LogP contribution in [-0.4, -0.2) is 29.6 Å². The number of hydrogen-bond donors (Lipinski definition) is 3. The van der Waals surface area contributed by atoms with Gasteiger partial charge in [0, 0.05) is 13.0 Å². The highest BCUT2D eigenvalue weighted by atomic mass is 16.4. The predicted octanol–water partition coefficient (Wildman–Crippen LogP) is 1.65. The number of carbonyl (C=O) groups is 3. The van der Waals surface area contributed by atoms with E-state index in [1.807, 2.05) is 0 Å². The van der Waals surface area contributed by atoms with Crippen molar-refractivity contribution in [2.45, 2.75) is 51.4 Å². The molecule has 6 nitrogen and oxygen atoms in total. The predicted molar refractivity (Wildman–Crippen MR) is 69.6 cm³/mol. The summed E-state index contributed by atoms with van der Waals surface area (Å²) < 4.78 is 0. The molecular weight excluding hydrogens is 248 g/mol. The maximum absolute atomic E-state index is 11.3. The second-order valence-corrected chi connectivity index (χ2v) is 4.99. The van der Waals surface area contributed by atoms with Gasteiger partial charge >= 0.3 is 12.0 Å². The minimum absolute atomic E-state index is 0.175. The molecule has 1 rings (SSSR count). The van der Waals surface area contributed by atoms with Crippen molar-refractivity contribution >= 4 is 17.9 Å². The largest absolute Gasteiger partial charge is 0.481 e. The van der Waals surface area contributed by atoms with E-state index in [2.05, 4.69) is 10.6 Å². The van der Waals surface area contributed by atoms with Gasteiger partial charge in [0.05, 0.1) is 6.42 Å². The van der Waals surface area contributed by atoms with Gasteiger partial charge in [-0.2, -0.15) is 0 Å². The number of urea groups is 1. The van der Waals surface area contributed by atoms with Gasteiger partial charge in [-0.15, -0.1) is 0 Å². The molecule has 0 aromatic heterocycles. The Balaban J connectivity index is 2.06. The van der Waals surface area contributed by atoms with E-state index in [1.165, 1.54) is 32.1 Å². The van der Waals surface area contributed by atoms with Crippen LogP contribution in [0.4, 0.5) is 4.79 Å². The van der Waals surface area contributed by atoms with Gasteiger partial charge in [-0.05, 0) is 12.3 Å². The van der Waals surface area contributed by atoms with E-state index in [9.17, 15) is 14.4 Å². The Hall–Kier alpha value is -1.59. The summed E-state index contributed by atoms with van der Waals surface area (Å²) in [6.07, 6.45) is 6.79. The van der Waals surface area contributed by atoms with Crippen molar-refractivity contribution in [1.29, 1.82) is 0 Å². The van der Waals surface area contributed by atoms with Gasteiger partial charge in [-0.3, -0.25) is 14.9 Å². The number of carbonyl (C=O) groups excluding carboxylic acids is 2. The van der Waals surface area contributed by atoms with Gasteiger partial charge in [0.25, 0.3) is 0 Å². The van der Waals surface area contributed by atoms with Crippen molar-refractivity contribution in [1.82, 2.24) is 10.6 Å². The molecule has 0 aliphatic heterocycles. The molecule has 3 N–H and O–H groups in total. The quantitative estimate of drug-likeness (QED) is 0.683. The molecule has 6 heteroatoms. The minimum Gasteiger partial charge on any atom is -0.481 e. The van der Waals surface area contributed by atoms with Gasteiger partial charge in [-0.1, -0.05) is 32.1 Å². The van der Waals surface area contributed by atoms with E-state index < -0.39 is 17.9 Å². The lowest BCUT2D eigenvalue weighted by Gasteiger charge is -2.21. The molecule has 1 aliphatic carbocycles. The second kappa shape index (κ2) is 8.50. The molecule has 1 saturated carbocycles. The lowest BCUT2D eigenvalue weighted by molar-refractivity contribution is -0.138. The topological polar surface area (TPSA) is 95.5 Å².